The van der Waals surface area contributed by atoms with Crippen molar-refractivity contribution in [3.63, 3.8) is 0 Å². The molecule has 2 aliphatic heterocycles. The molecule has 0 saturated carbocycles. The number of ether oxygens (including phenoxy) is 1. The van der Waals surface area contributed by atoms with Gasteiger partial charge in [-0.1, -0.05) is 24.3 Å². The van der Waals surface area contributed by atoms with Crippen LogP contribution in [0.5, 0.6) is 0 Å². The van der Waals surface area contributed by atoms with E-state index in [2.05, 4.69) is 35.8 Å². The predicted octanol–water partition coefficient (Wildman–Crippen LogP) is 3.52. The third-order valence-electron chi connectivity index (χ3n) is 5.56. The van der Waals surface area contributed by atoms with E-state index in [1.54, 1.807) is 17.8 Å². The Bertz CT molecular complexity index is 891. The number of rotatable bonds is 7. The number of fused-ring (bicyclic) bond motifs is 1. The maximum absolute atomic E-state index is 13.0. The van der Waals surface area contributed by atoms with Crippen molar-refractivity contribution in [3.05, 3.63) is 64.7 Å². The molecule has 0 unspecified atom stereocenters. The summed E-state index contributed by atoms with van der Waals surface area (Å²) in [4.78, 5) is 28.8. The molecular formula is C23H26N2O3S. The lowest BCUT2D eigenvalue weighted by molar-refractivity contribution is 0.0544. The Balaban J connectivity index is 1.38. The minimum atomic E-state index is -0.185. The highest BCUT2D eigenvalue weighted by atomic mass is 32.2. The molecule has 1 atom stereocenters. The lowest BCUT2D eigenvalue weighted by Gasteiger charge is -2.19. The number of hydrogen-bond donors (Lipinski definition) is 1. The van der Waals surface area contributed by atoms with Gasteiger partial charge in [0.1, 0.15) is 0 Å². The van der Waals surface area contributed by atoms with Gasteiger partial charge in [-0.05, 0) is 54.8 Å². The number of amides is 2. The zero-order valence-corrected chi connectivity index (χ0v) is 17.5. The summed E-state index contributed by atoms with van der Waals surface area (Å²) >= 11 is 1.71. The molecule has 2 amide bonds. The lowest BCUT2D eigenvalue weighted by Crippen LogP contribution is -2.33. The Labute approximate surface area is 175 Å². The molecule has 1 fully saturated rings. The van der Waals surface area contributed by atoms with E-state index < -0.39 is 0 Å². The van der Waals surface area contributed by atoms with Crippen LogP contribution in [-0.4, -0.2) is 48.8 Å². The van der Waals surface area contributed by atoms with Crippen molar-refractivity contribution in [2.45, 2.75) is 36.8 Å². The number of nitrogens with one attached hydrogen (secondary N) is 1. The van der Waals surface area contributed by atoms with Crippen LogP contribution >= 0.6 is 11.8 Å². The smallest absolute Gasteiger partial charge is 0.255 e. The topological polar surface area (TPSA) is 58.6 Å². The van der Waals surface area contributed by atoms with E-state index in [1.807, 2.05) is 17.0 Å². The van der Waals surface area contributed by atoms with Crippen LogP contribution < -0.4 is 5.32 Å². The van der Waals surface area contributed by atoms with Crippen LogP contribution in [0.2, 0.25) is 0 Å². The average molecular weight is 411 g/mol. The first-order chi connectivity index (χ1) is 14.2. The summed E-state index contributed by atoms with van der Waals surface area (Å²) in [5.74, 6) is -0.246. The summed E-state index contributed by atoms with van der Waals surface area (Å²) in [6.07, 6.45) is 4.97. The Morgan fingerprint density at radius 1 is 1.24 bits per heavy atom. The average Bonchev–Trinajstić information content (AvgIpc) is 3.37. The van der Waals surface area contributed by atoms with Crippen molar-refractivity contribution in [2.24, 2.45) is 0 Å². The molecule has 5 nitrogen and oxygen atoms in total. The van der Waals surface area contributed by atoms with Gasteiger partial charge < -0.3 is 15.0 Å². The molecule has 0 bridgehead atoms. The Hall–Kier alpha value is -2.31. The molecule has 0 radical (unpaired) electrons. The van der Waals surface area contributed by atoms with Crippen molar-refractivity contribution in [1.29, 1.82) is 0 Å². The summed E-state index contributed by atoms with van der Waals surface area (Å²) in [6.45, 7) is 2.46. The van der Waals surface area contributed by atoms with Crippen molar-refractivity contribution in [3.8, 4) is 0 Å². The SMILES string of the molecule is CSc1ccc(CCNC(=O)c2cccc3c2C(=O)N(C[C@H]2CCCO2)C3)cc1. The highest BCUT2D eigenvalue weighted by molar-refractivity contribution is 7.98. The van der Waals surface area contributed by atoms with E-state index in [4.69, 9.17) is 4.74 Å². The van der Waals surface area contributed by atoms with Gasteiger partial charge in [-0.3, -0.25) is 9.59 Å². The number of benzene rings is 2. The second-order valence-corrected chi connectivity index (χ2v) is 8.39. The van der Waals surface area contributed by atoms with Gasteiger partial charge in [0.05, 0.1) is 17.2 Å². The lowest BCUT2D eigenvalue weighted by atomic mass is 10.0. The fourth-order valence-corrected chi connectivity index (χ4v) is 4.41. The standard InChI is InChI=1S/C23H26N2O3S/c1-29-19-9-7-16(8-10-19)11-12-24-22(26)20-6-2-4-17-14-25(23(27)21(17)20)15-18-5-3-13-28-18/h2,4,6-10,18H,3,5,11-15H2,1H3,(H,24,26)/t18-/m1/s1. The molecule has 6 heteroatoms. The van der Waals surface area contributed by atoms with Crippen LogP contribution in [0.3, 0.4) is 0 Å². The molecule has 0 aromatic heterocycles. The first-order valence-corrected chi connectivity index (χ1v) is 11.3. The minimum Gasteiger partial charge on any atom is -0.376 e. The third-order valence-corrected chi connectivity index (χ3v) is 6.31. The van der Waals surface area contributed by atoms with Crippen molar-refractivity contribution in [1.82, 2.24) is 10.2 Å². The second-order valence-electron chi connectivity index (χ2n) is 7.51. The van der Waals surface area contributed by atoms with E-state index in [1.165, 1.54) is 10.5 Å². The van der Waals surface area contributed by atoms with Gasteiger partial charge >= 0.3 is 0 Å². The maximum Gasteiger partial charge on any atom is 0.255 e. The van der Waals surface area contributed by atoms with E-state index in [9.17, 15) is 9.59 Å². The first kappa shape index (κ1) is 20.0. The molecule has 0 aliphatic carbocycles. The first-order valence-electron chi connectivity index (χ1n) is 10.1. The Morgan fingerprint density at radius 3 is 2.79 bits per heavy atom. The fraction of sp³-hybridized carbons (Fsp3) is 0.391. The minimum absolute atomic E-state index is 0.0612. The molecule has 29 heavy (non-hydrogen) atoms. The quantitative estimate of drug-likeness (QED) is 0.710. The number of nitrogens with zero attached hydrogens (tertiary/aromatic N) is 1. The van der Waals surface area contributed by atoms with Gasteiger partial charge in [0, 0.05) is 31.1 Å². The van der Waals surface area contributed by atoms with Crippen LogP contribution in [-0.2, 0) is 17.7 Å². The van der Waals surface area contributed by atoms with Gasteiger partial charge in [0.25, 0.3) is 11.8 Å². The van der Waals surface area contributed by atoms with Gasteiger partial charge in [0.2, 0.25) is 0 Å². The summed E-state index contributed by atoms with van der Waals surface area (Å²) in [6, 6.07) is 13.9. The zero-order valence-electron chi connectivity index (χ0n) is 16.6. The molecule has 2 aromatic rings. The van der Waals surface area contributed by atoms with Crippen molar-refractivity contribution < 1.29 is 14.3 Å². The van der Waals surface area contributed by atoms with E-state index in [-0.39, 0.29) is 17.9 Å². The summed E-state index contributed by atoms with van der Waals surface area (Å²) < 4.78 is 5.67. The molecule has 2 aromatic carbocycles. The third kappa shape index (κ3) is 4.49. The van der Waals surface area contributed by atoms with E-state index in [0.717, 1.165) is 31.4 Å². The maximum atomic E-state index is 13.0. The molecule has 1 N–H and O–H groups in total. The van der Waals surface area contributed by atoms with E-state index >= 15 is 0 Å². The summed E-state index contributed by atoms with van der Waals surface area (Å²) in [5.41, 5.74) is 3.13. The second kappa shape index (κ2) is 9.01. The van der Waals surface area contributed by atoms with Gasteiger partial charge in [-0.15, -0.1) is 11.8 Å². The van der Waals surface area contributed by atoms with Gasteiger partial charge in [-0.25, -0.2) is 0 Å². The van der Waals surface area contributed by atoms with Crippen LogP contribution in [0, 0.1) is 0 Å². The molecule has 2 heterocycles. The van der Waals surface area contributed by atoms with Crippen LogP contribution in [0.1, 0.15) is 44.7 Å². The highest BCUT2D eigenvalue weighted by Crippen LogP contribution is 2.27. The van der Waals surface area contributed by atoms with Gasteiger partial charge in [0.15, 0.2) is 0 Å². The summed E-state index contributed by atoms with van der Waals surface area (Å²) in [5, 5.41) is 2.97. The normalized spacial score (nSPS) is 18.2. The number of carbonyl (C=O) groups is 2. The number of thioether (sulfide) groups is 1. The van der Waals surface area contributed by atoms with Gasteiger partial charge in [-0.2, -0.15) is 0 Å². The predicted molar refractivity (Wildman–Crippen MR) is 114 cm³/mol. The molecule has 4 rings (SSSR count). The van der Waals surface area contributed by atoms with Crippen molar-refractivity contribution >= 4 is 23.6 Å². The Kier molecular flexibility index (Phi) is 6.21. The fourth-order valence-electron chi connectivity index (χ4n) is 4.00. The molecule has 152 valence electrons. The summed E-state index contributed by atoms with van der Waals surface area (Å²) in [7, 11) is 0. The van der Waals surface area contributed by atoms with Crippen LogP contribution in [0.15, 0.2) is 47.4 Å². The zero-order chi connectivity index (χ0) is 20.2. The Morgan fingerprint density at radius 2 is 2.07 bits per heavy atom. The van der Waals surface area contributed by atoms with Crippen LogP contribution in [0.25, 0.3) is 0 Å². The molecule has 1 saturated heterocycles. The number of hydrogen-bond acceptors (Lipinski definition) is 4. The highest BCUT2D eigenvalue weighted by Gasteiger charge is 2.33. The van der Waals surface area contributed by atoms with Crippen molar-refractivity contribution in [2.75, 3.05) is 26.0 Å². The monoisotopic (exact) mass is 410 g/mol. The molecular weight excluding hydrogens is 384 g/mol. The molecule has 0 spiro atoms. The number of carbonyl (C=O) groups excluding carboxylic acids is 2. The van der Waals surface area contributed by atoms with Crippen LogP contribution in [0.4, 0.5) is 0 Å². The van der Waals surface area contributed by atoms with E-state index in [0.29, 0.717) is 30.8 Å². The largest absolute Gasteiger partial charge is 0.376 e. The molecule has 2 aliphatic rings.